The molecule has 5 unspecified atom stereocenters. The Hall–Kier alpha value is -0.780. The predicted octanol–water partition coefficient (Wildman–Crippen LogP) is 7.71. The number of carbonyl (C=O) groups excluding carboxylic acids is 2. The average Bonchev–Trinajstić information content (AvgIpc) is 3.58. The van der Waals surface area contributed by atoms with Gasteiger partial charge >= 0.3 is 5.97 Å². The van der Waals surface area contributed by atoms with Crippen LogP contribution in [0.2, 0.25) is 0 Å². The predicted molar refractivity (Wildman–Crippen MR) is 204 cm³/mol. The second kappa shape index (κ2) is 27.8. The number of hydrogen-bond acceptors (Lipinski definition) is 8. The van der Waals surface area contributed by atoms with E-state index in [1.165, 1.54) is 6.66 Å². The molecule has 0 aliphatic carbocycles. The minimum Gasteiger partial charge on any atom is -0.481 e. The Morgan fingerprint density at radius 2 is 1.14 bits per heavy atom. The summed E-state index contributed by atoms with van der Waals surface area (Å²) in [7, 11) is -2.86. The number of aliphatic hydroxyl groups is 2. The van der Waals surface area contributed by atoms with Crippen LogP contribution in [0, 0.1) is 0 Å². The fourth-order valence-corrected chi connectivity index (χ4v) is 9.45. The van der Waals surface area contributed by atoms with Gasteiger partial charge in [0.1, 0.15) is 0 Å². The molecular weight excluding hydrogens is 684 g/mol. The van der Waals surface area contributed by atoms with Gasteiger partial charge in [0.15, 0.2) is 7.37 Å². The second-order valence-corrected chi connectivity index (χ2v) is 18.8. The number of aliphatic hydroxyl groups excluding tert-OH is 2. The Kier molecular flexibility index (Phi) is 26.3. The van der Waals surface area contributed by atoms with Crippen LogP contribution < -0.4 is 0 Å². The first kappa shape index (κ1) is 46.2. The molecule has 2 fully saturated rings. The summed E-state index contributed by atoms with van der Waals surface area (Å²) in [6.07, 6.45) is 19.3. The van der Waals surface area contributed by atoms with Crippen molar-refractivity contribution >= 4 is 48.7 Å². The Morgan fingerprint density at radius 1 is 0.714 bits per heavy atom. The standard InChI is InChI=1S/C18H36NO4PS.C18H33NO4S/c1-3-4-7-10-16(20)12-13-19-17(21)15-25-18(19)11-8-5-6-9-14-24(2,22)23;1-2-3-6-9-15(20)12-13-19-16(21)14-24-17(19)10-7-4-5-8-11-18(22)23/h16,18,20H,3-15H2,1-2H3,(H,22,23);15,17,20H,2-14H2,1H3,(H,22,23). The molecule has 0 aromatic rings. The van der Waals surface area contributed by atoms with Gasteiger partial charge in [-0.15, -0.1) is 23.5 Å². The molecule has 13 heteroatoms. The van der Waals surface area contributed by atoms with Crippen LogP contribution in [0.5, 0.6) is 0 Å². The number of nitrogens with zero attached hydrogens (tertiary/aromatic N) is 2. The average molecular weight is 753 g/mol. The van der Waals surface area contributed by atoms with Crippen molar-refractivity contribution < 1.29 is 39.2 Å². The molecule has 0 radical (unpaired) electrons. The highest BCUT2D eigenvalue weighted by Gasteiger charge is 2.32. The number of carboxylic acid groups (broad SMARTS) is 1. The zero-order chi connectivity index (χ0) is 36.5. The largest absolute Gasteiger partial charge is 0.481 e. The highest BCUT2D eigenvalue weighted by Crippen LogP contribution is 2.36. The number of unbranched alkanes of at least 4 members (excludes halogenated alkanes) is 10. The van der Waals surface area contributed by atoms with E-state index in [0.29, 0.717) is 43.6 Å². The summed E-state index contributed by atoms with van der Waals surface area (Å²) in [6, 6.07) is 0. The van der Waals surface area contributed by atoms with E-state index in [1.807, 2.05) is 9.80 Å². The highest BCUT2D eigenvalue weighted by atomic mass is 32.2. The van der Waals surface area contributed by atoms with Crippen LogP contribution in [0.15, 0.2) is 0 Å². The molecule has 2 aliphatic rings. The number of hydrogen-bond donors (Lipinski definition) is 4. The summed E-state index contributed by atoms with van der Waals surface area (Å²) < 4.78 is 11.2. The Bertz CT molecular complexity index is 956. The van der Waals surface area contributed by atoms with Gasteiger partial charge in [0.25, 0.3) is 0 Å². The first-order valence-electron chi connectivity index (χ1n) is 19.1. The van der Waals surface area contributed by atoms with Gasteiger partial charge in [-0.3, -0.25) is 18.9 Å². The maximum atomic E-state index is 12.1. The fourth-order valence-electron chi connectivity index (χ4n) is 6.17. The number of aliphatic carboxylic acids is 1. The molecule has 4 N–H and O–H groups in total. The van der Waals surface area contributed by atoms with Crippen LogP contribution in [0.4, 0.5) is 0 Å². The first-order chi connectivity index (χ1) is 23.4. The Morgan fingerprint density at radius 3 is 1.55 bits per heavy atom. The van der Waals surface area contributed by atoms with E-state index in [0.717, 1.165) is 116 Å². The van der Waals surface area contributed by atoms with Gasteiger partial charge in [-0.1, -0.05) is 90.9 Å². The van der Waals surface area contributed by atoms with Gasteiger partial charge in [0, 0.05) is 32.3 Å². The van der Waals surface area contributed by atoms with E-state index in [2.05, 4.69) is 13.8 Å². The molecule has 5 atom stereocenters. The van der Waals surface area contributed by atoms with Gasteiger partial charge < -0.3 is 30.0 Å². The van der Waals surface area contributed by atoms with Gasteiger partial charge in [-0.25, -0.2) is 0 Å². The summed E-state index contributed by atoms with van der Waals surface area (Å²) in [4.78, 5) is 47.7. The van der Waals surface area contributed by atoms with Crippen LogP contribution in [-0.2, 0) is 18.9 Å². The van der Waals surface area contributed by atoms with Crippen molar-refractivity contribution in [1.82, 2.24) is 9.80 Å². The van der Waals surface area contributed by atoms with Gasteiger partial charge in [0.2, 0.25) is 11.8 Å². The van der Waals surface area contributed by atoms with Crippen molar-refractivity contribution in [3.8, 4) is 0 Å². The maximum Gasteiger partial charge on any atom is 0.303 e. The van der Waals surface area contributed by atoms with E-state index in [9.17, 15) is 34.1 Å². The SMILES string of the molecule is CCCCCC(O)CCN1C(=O)CSC1CCCCCCC(=O)O.CCCCCC(O)CCN1C(=O)CSC1CCCCCCP(C)(=O)O. The zero-order valence-electron chi connectivity index (χ0n) is 30.8. The molecule has 2 saturated heterocycles. The van der Waals surface area contributed by atoms with Crippen LogP contribution in [0.3, 0.4) is 0 Å². The van der Waals surface area contributed by atoms with Crippen molar-refractivity contribution in [3.05, 3.63) is 0 Å². The summed E-state index contributed by atoms with van der Waals surface area (Å²) in [6.45, 7) is 7.04. The number of rotatable bonds is 28. The summed E-state index contributed by atoms with van der Waals surface area (Å²) >= 11 is 3.41. The maximum absolute atomic E-state index is 12.1. The zero-order valence-corrected chi connectivity index (χ0v) is 33.3. The minimum absolute atomic E-state index is 0.191. The fraction of sp³-hybridized carbons (Fsp3) is 0.917. The monoisotopic (exact) mass is 752 g/mol. The molecule has 0 bridgehead atoms. The van der Waals surface area contributed by atoms with Crippen molar-refractivity contribution in [2.24, 2.45) is 0 Å². The van der Waals surface area contributed by atoms with Crippen LogP contribution in [0.25, 0.3) is 0 Å². The van der Waals surface area contributed by atoms with Crippen molar-refractivity contribution in [2.45, 2.75) is 172 Å². The molecule has 2 heterocycles. The van der Waals surface area contributed by atoms with E-state index in [4.69, 9.17) is 5.11 Å². The lowest BCUT2D eigenvalue weighted by Gasteiger charge is -2.25. The lowest BCUT2D eigenvalue weighted by Crippen LogP contribution is -2.35. The third-order valence-electron chi connectivity index (χ3n) is 9.19. The molecule has 0 saturated carbocycles. The molecule has 49 heavy (non-hydrogen) atoms. The molecular formula is C36H69N2O8PS2. The minimum atomic E-state index is -2.86. The molecule has 2 amide bonds. The third-order valence-corrected chi connectivity index (χ3v) is 12.9. The van der Waals surface area contributed by atoms with E-state index in [1.54, 1.807) is 23.5 Å². The lowest BCUT2D eigenvalue weighted by molar-refractivity contribution is -0.137. The topological polar surface area (TPSA) is 156 Å². The highest BCUT2D eigenvalue weighted by molar-refractivity contribution is 8.01. The van der Waals surface area contributed by atoms with Crippen molar-refractivity contribution in [2.75, 3.05) is 37.4 Å². The summed E-state index contributed by atoms with van der Waals surface area (Å²) in [5.41, 5.74) is 0. The summed E-state index contributed by atoms with van der Waals surface area (Å²) in [5, 5.41) is 29.2. The van der Waals surface area contributed by atoms with Crippen LogP contribution in [0.1, 0.15) is 149 Å². The van der Waals surface area contributed by atoms with E-state index in [-0.39, 0.29) is 41.2 Å². The molecule has 10 nitrogen and oxygen atoms in total. The molecule has 0 aromatic heterocycles. The number of carbonyl (C=O) groups is 3. The van der Waals surface area contributed by atoms with Gasteiger partial charge in [0.05, 0.1) is 34.5 Å². The Labute approximate surface area is 305 Å². The normalized spacial score (nSPS) is 20.3. The van der Waals surface area contributed by atoms with Crippen molar-refractivity contribution in [1.29, 1.82) is 0 Å². The Balaban J connectivity index is 0.000000490. The molecule has 288 valence electrons. The number of thioether (sulfide) groups is 2. The van der Waals surface area contributed by atoms with Gasteiger partial charge in [-0.2, -0.15) is 0 Å². The van der Waals surface area contributed by atoms with Crippen molar-refractivity contribution in [3.63, 3.8) is 0 Å². The molecule has 0 spiro atoms. The first-order valence-corrected chi connectivity index (χ1v) is 23.5. The molecule has 0 aromatic carbocycles. The lowest BCUT2D eigenvalue weighted by atomic mass is 10.1. The molecule has 2 aliphatic heterocycles. The van der Waals surface area contributed by atoms with E-state index >= 15 is 0 Å². The van der Waals surface area contributed by atoms with Crippen LogP contribution >= 0.6 is 30.9 Å². The van der Waals surface area contributed by atoms with Crippen LogP contribution in [-0.4, -0.2) is 108 Å². The number of amides is 2. The second-order valence-electron chi connectivity index (χ2n) is 13.9. The van der Waals surface area contributed by atoms with Gasteiger partial charge in [-0.05, 0) is 51.4 Å². The number of carboxylic acids is 1. The third kappa shape index (κ3) is 23.4. The smallest absolute Gasteiger partial charge is 0.303 e. The van der Waals surface area contributed by atoms with E-state index < -0.39 is 13.3 Å². The quantitative estimate of drug-likeness (QED) is 0.0461. The molecule has 2 rings (SSSR count). The summed E-state index contributed by atoms with van der Waals surface area (Å²) in [5.74, 6) is 0.769.